The van der Waals surface area contributed by atoms with Gasteiger partial charge in [-0.2, -0.15) is 0 Å². The number of aliphatic carboxylic acids is 1. The molecular formula is C12H14Cl2N2O4. The van der Waals surface area contributed by atoms with Crippen LogP contribution in [0, 0.1) is 0 Å². The molecule has 0 bridgehead atoms. The van der Waals surface area contributed by atoms with Crippen molar-refractivity contribution >= 4 is 40.9 Å². The van der Waals surface area contributed by atoms with Crippen LogP contribution in [0.1, 0.15) is 0 Å². The maximum Gasteiger partial charge on any atom is 0.323 e. The van der Waals surface area contributed by atoms with Crippen molar-refractivity contribution in [2.75, 3.05) is 32.1 Å². The van der Waals surface area contributed by atoms with Gasteiger partial charge >= 0.3 is 12.0 Å². The number of methoxy groups -OCH3 is 1. The van der Waals surface area contributed by atoms with Crippen molar-refractivity contribution in [3.63, 3.8) is 0 Å². The molecule has 2 N–H and O–H groups in total. The topological polar surface area (TPSA) is 78.9 Å². The third-order valence-corrected chi connectivity index (χ3v) is 3.09. The van der Waals surface area contributed by atoms with Crippen LogP contribution in [0.2, 0.25) is 10.0 Å². The van der Waals surface area contributed by atoms with Gasteiger partial charge in [-0.3, -0.25) is 4.79 Å². The number of hydrogen-bond donors (Lipinski definition) is 2. The molecule has 2 amide bonds. The number of nitrogens with one attached hydrogen (secondary N) is 1. The molecule has 1 aromatic carbocycles. The number of carboxylic acid groups (broad SMARTS) is 1. The summed E-state index contributed by atoms with van der Waals surface area (Å²) in [4.78, 5) is 23.8. The first-order valence-electron chi connectivity index (χ1n) is 5.65. The van der Waals surface area contributed by atoms with Crippen LogP contribution < -0.4 is 5.32 Å². The predicted octanol–water partition coefficient (Wildman–Crippen LogP) is 2.56. The minimum Gasteiger partial charge on any atom is -0.480 e. The number of carboxylic acids is 1. The van der Waals surface area contributed by atoms with E-state index in [1.165, 1.54) is 19.2 Å². The molecule has 0 saturated carbocycles. The number of halogens is 2. The predicted molar refractivity (Wildman–Crippen MR) is 76.6 cm³/mol. The minimum absolute atomic E-state index is 0.163. The van der Waals surface area contributed by atoms with Crippen molar-refractivity contribution in [2.24, 2.45) is 0 Å². The average molecular weight is 321 g/mol. The van der Waals surface area contributed by atoms with E-state index < -0.39 is 18.5 Å². The Bertz CT molecular complexity index is 496. The van der Waals surface area contributed by atoms with Crippen molar-refractivity contribution < 1.29 is 19.4 Å². The second-order valence-corrected chi connectivity index (χ2v) is 4.68. The lowest BCUT2D eigenvalue weighted by Crippen LogP contribution is -2.40. The lowest BCUT2D eigenvalue weighted by molar-refractivity contribution is -0.137. The SMILES string of the molecule is COCCN(CC(=O)O)C(=O)Nc1ccc(Cl)c(Cl)c1. The van der Waals surface area contributed by atoms with E-state index in [2.05, 4.69) is 5.32 Å². The fraction of sp³-hybridized carbons (Fsp3) is 0.333. The fourth-order valence-corrected chi connectivity index (χ4v) is 1.69. The second-order valence-electron chi connectivity index (χ2n) is 3.87. The van der Waals surface area contributed by atoms with E-state index >= 15 is 0 Å². The van der Waals surface area contributed by atoms with Gasteiger partial charge in [0.05, 0.1) is 16.7 Å². The number of ether oxygens (including phenoxy) is 1. The van der Waals surface area contributed by atoms with Crippen LogP contribution in [0.4, 0.5) is 10.5 Å². The normalized spacial score (nSPS) is 10.2. The van der Waals surface area contributed by atoms with Gasteiger partial charge in [0.2, 0.25) is 0 Å². The van der Waals surface area contributed by atoms with Crippen molar-refractivity contribution in [2.45, 2.75) is 0 Å². The number of benzene rings is 1. The number of hydrogen-bond acceptors (Lipinski definition) is 3. The van der Waals surface area contributed by atoms with Gasteiger partial charge < -0.3 is 20.1 Å². The van der Waals surface area contributed by atoms with E-state index in [9.17, 15) is 9.59 Å². The highest BCUT2D eigenvalue weighted by atomic mass is 35.5. The van der Waals surface area contributed by atoms with Crippen molar-refractivity contribution in [3.05, 3.63) is 28.2 Å². The highest BCUT2D eigenvalue weighted by molar-refractivity contribution is 6.42. The summed E-state index contributed by atoms with van der Waals surface area (Å²) in [5.41, 5.74) is 0.428. The molecule has 1 rings (SSSR count). The van der Waals surface area contributed by atoms with Crippen LogP contribution in [-0.2, 0) is 9.53 Å². The third kappa shape index (κ3) is 5.24. The molecule has 1 aromatic rings. The monoisotopic (exact) mass is 320 g/mol. The summed E-state index contributed by atoms with van der Waals surface area (Å²) in [7, 11) is 1.47. The molecule has 8 heteroatoms. The fourth-order valence-electron chi connectivity index (χ4n) is 1.39. The molecule has 0 unspecified atom stereocenters. The Morgan fingerprint density at radius 1 is 1.35 bits per heavy atom. The molecule has 110 valence electrons. The summed E-state index contributed by atoms with van der Waals surface area (Å²) in [5, 5.41) is 12.0. The first-order valence-corrected chi connectivity index (χ1v) is 6.41. The molecule has 0 aliphatic heterocycles. The van der Waals surface area contributed by atoms with E-state index in [0.717, 1.165) is 4.90 Å². The number of nitrogens with zero attached hydrogens (tertiary/aromatic N) is 1. The largest absolute Gasteiger partial charge is 0.480 e. The lowest BCUT2D eigenvalue weighted by atomic mass is 10.3. The van der Waals surface area contributed by atoms with E-state index in [0.29, 0.717) is 15.7 Å². The molecule has 0 fully saturated rings. The first kappa shape index (κ1) is 16.6. The average Bonchev–Trinajstić information content (AvgIpc) is 2.38. The molecule has 0 heterocycles. The number of amides is 2. The zero-order valence-electron chi connectivity index (χ0n) is 10.7. The van der Waals surface area contributed by atoms with Gasteiger partial charge in [-0.15, -0.1) is 0 Å². The Hall–Kier alpha value is -1.50. The van der Waals surface area contributed by atoms with Crippen LogP contribution in [0.15, 0.2) is 18.2 Å². The van der Waals surface area contributed by atoms with E-state index in [4.69, 9.17) is 33.0 Å². The Kier molecular flexibility index (Phi) is 6.57. The number of anilines is 1. The van der Waals surface area contributed by atoms with Crippen molar-refractivity contribution in [1.29, 1.82) is 0 Å². The lowest BCUT2D eigenvalue weighted by Gasteiger charge is -2.20. The summed E-state index contributed by atoms with van der Waals surface area (Å²) in [6.07, 6.45) is 0. The van der Waals surface area contributed by atoms with Crippen LogP contribution >= 0.6 is 23.2 Å². The Balaban J connectivity index is 2.73. The molecule has 0 radical (unpaired) electrons. The Labute approximate surface area is 126 Å². The molecule has 0 aromatic heterocycles. The molecule has 6 nitrogen and oxygen atoms in total. The van der Waals surface area contributed by atoms with Crippen LogP contribution in [-0.4, -0.2) is 48.8 Å². The molecule has 0 aliphatic carbocycles. The standard InChI is InChI=1S/C12H14Cl2N2O4/c1-20-5-4-16(7-11(17)18)12(19)15-8-2-3-9(13)10(14)6-8/h2-3,6H,4-5,7H2,1H3,(H,15,19)(H,17,18). The number of urea groups is 1. The highest BCUT2D eigenvalue weighted by Gasteiger charge is 2.16. The van der Waals surface area contributed by atoms with Gasteiger partial charge in [-0.1, -0.05) is 23.2 Å². The first-order chi connectivity index (χ1) is 9.43. The third-order valence-electron chi connectivity index (χ3n) is 2.35. The Morgan fingerprint density at radius 2 is 2.05 bits per heavy atom. The number of carbonyl (C=O) groups excluding carboxylic acids is 1. The number of carbonyl (C=O) groups is 2. The smallest absolute Gasteiger partial charge is 0.323 e. The summed E-state index contributed by atoms with van der Waals surface area (Å²) in [6, 6.07) is 4.04. The molecule has 20 heavy (non-hydrogen) atoms. The van der Waals surface area contributed by atoms with Crippen LogP contribution in [0.25, 0.3) is 0 Å². The summed E-state index contributed by atoms with van der Waals surface area (Å²) >= 11 is 11.6. The summed E-state index contributed by atoms with van der Waals surface area (Å²) in [5.74, 6) is -1.11. The maximum absolute atomic E-state index is 12.0. The summed E-state index contributed by atoms with van der Waals surface area (Å²) < 4.78 is 4.84. The van der Waals surface area contributed by atoms with Gasteiger partial charge in [0, 0.05) is 19.3 Å². The minimum atomic E-state index is -1.11. The van der Waals surface area contributed by atoms with Gasteiger partial charge in [-0.05, 0) is 18.2 Å². The molecular weight excluding hydrogens is 307 g/mol. The highest BCUT2D eigenvalue weighted by Crippen LogP contribution is 2.25. The van der Waals surface area contributed by atoms with Gasteiger partial charge in [0.25, 0.3) is 0 Å². The van der Waals surface area contributed by atoms with Gasteiger partial charge in [0.1, 0.15) is 6.54 Å². The van der Waals surface area contributed by atoms with E-state index in [1.807, 2.05) is 0 Å². The zero-order valence-corrected chi connectivity index (χ0v) is 12.2. The summed E-state index contributed by atoms with van der Waals surface area (Å²) in [6.45, 7) is -0.0193. The Morgan fingerprint density at radius 3 is 2.60 bits per heavy atom. The van der Waals surface area contributed by atoms with E-state index in [1.54, 1.807) is 6.07 Å². The molecule has 0 saturated heterocycles. The second kappa shape index (κ2) is 7.94. The molecule has 0 spiro atoms. The van der Waals surface area contributed by atoms with Crippen molar-refractivity contribution in [3.8, 4) is 0 Å². The van der Waals surface area contributed by atoms with E-state index in [-0.39, 0.29) is 13.2 Å². The van der Waals surface area contributed by atoms with Crippen LogP contribution in [0.3, 0.4) is 0 Å². The maximum atomic E-state index is 12.0. The van der Waals surface area contributed by atoms with Gasteiger partial charge in [-0.25, -0.2) is 4.79 Å². The molecule has 0 atom stereocenters. The van der Waals surface area contributed by atoms with Crippen LogP contribution in [0.5, 0.6) is 0 Å². The quantitative estimate of drug-likeness (QED) is 0.844. The van der Waals surface area contributed by atoms with Crippen molar-refractivity contribution in [1.82, 2.24) is 4.90 Å². The zero-order chi connectivity index (χ0) is 15.1. The number of rotatable bonds is 6. The molecule has 0 aliphatic rings. The van der Waals surface area contributed by atoms with Gasteiger partial charge in [0.15, 0.2) is 0 Å².